The van der Waals surface area contributed by atoms with Crippen LogP contribution in [0, 0.1) is 0 Å². The summed E-state index contributed by atoms with van der Waals surface area (Å²) >= 11 is 0. The number of carboxylic acid groups (broad SMARTS) is 1. The van der Waals surface area contributed by atoms with E-state index in [0.717, 1.165) is 12.8 Å². The van der Waals surface area contributed by atoms with Gasteiger partial charge in [-0.15, -0.1) is 0 Å². The zero-order valence-corrected chi connectivity index (χ0v) is 8.59. The Labute approximate surface area is 83.3 Å². The third kappa shape index (κ3) is 8.43. The van der Waals surface area contributed by atoms with Gasteiger partial charge >= 0.3 is 29.6 Å². The molecule has 0 saturated heterocycles. The third-order valence-corrected chi connectivity index (χ3v) is 1.09. The van der Waals surface area contributed by atoms with Gasteiger partial charge in [-0.25, -0.2) is 0 Å². The van der Waals surface area contributed by atoms with E-state index in [1.165, 1.54) is 0 Å². The molecule has 0 bridgehead atoms. The second-order valence-electron chi connectivity index (χ2n) is 2.12. The molecule has 0 unspecified atom stereocenters. The van der Waals surface area contributed by atoms with Gasteiger partial charge in [0.25, 0.3) is 0 Å². The van der Waals surface area contributed by atoms with Crippen molar-refractivity contribution in [3.63, 3.8) is 0 Å². The summed E-state index contributed by atoms with van der Waals surface area (Å²) in [5.74, 6) is -1.06. The van der Waals surface area contributed by atoms with E-state index in [2.05, 4.69) is 0 Å². The second-order valence-corrected chi connectivity index (χ2v) is 2.12. The zero-order chi connectivity index (χ0) is 7.28. The Morgan fingerprint density at radius 1 is 1.70 bits per heavy atom. The standard InChI is InChI=1S/C6H13NO2.Na/c1-2-3-5(7)4-6(8)9;/h5H,2-4,7H2,1H3,(H,8,9);/q;+1/p-1/t5-;/m1./s1. The fourth-order valence-electron chi connectivity index (χ4n) is 0.687. The van der Waals surface area contributed by atoms with Crippen molar-refractivity contribution in [2.45, 2.75) is 32.2 Å². The largest absolute Gasteiger partial charge is 1.00 e. The number of carbonyl (C=O) groups excluding carboxylic acids is 1. The first-order valence-electron chi connectivity index (χ1n) is 3.12. The van der Waals surface area contributed by atoms with Crippen LogP contribution in [0.25, 0.3) is 0 Å². The molecular formula is C6H12NNaO2. The van der Waals surface area contributed by atoms with Crippen molar-refractivity contribution < 1.29 is 39.5 Å². The Hall–Kier alpha value is 0.430. The molecule has 1 atom stereocenters. The Bertz CT molecular complexity index is 97.7. The van der Waals surface area contributed by atoms with Gasteiger partial charge in [-0.2, -0.15) is 0 Å². The first kappa shape index (κ1) is 13.1. The predicted molar refractivity (Wildman–Crippen MR) is 32.5 cm³/mol. The maximum absolute atomic E-state index is 9.89. The number of carboxylic acids is 1. The van der Waals surface area contributed by atoms with Crippen LogP contribution in [0.2, 0.25) is 0 Å². The van der Waals surface area contributed by atoms with Crippen LogP contribution in [0.4, 0.5) is 0 Å². The Kier molecular flexibility index (Phi) is 9.84. The van der Waals surface area contributed by atoms with Crippen LogP contribution < -0.4 is 40.4 Å². The molecule has 0 radical (unpaired) electrons. The summed E-state index contributed by atoms with van der Waals surface area (Å²) in [5.41, 5.74) is 5.36. The fourth-order valence-corrected chi connectivity index (χ4v) is 0.687. The van der Waals surface area contributed by atoms with Crippen molar-refractivity contribution in [1.82, 2.24) is 0 Å². The topological polar surface area (TPSA) is 66.2 Å². The van der Waals surface area contributed by atoms with E-state index in [9.17, 15) is 9.90 Å². The van der Waals surface area contributed by atoms with E-state index in [1.54, 1.807) is 0 Å². The monoisotopic (exact) mass is 153 g/mol. The molecule has 0 aromatic heterocycles. The maximum atomic E-state index is 9.89. The SMILES string of the molecule is CCC[C@@H](N)CC(=O)[O-].[Na+]. The molecule has 0 heterocycles. The molecule has 0 aliphatic heterocycles. The molecule has 0 fully saturated rings. The van der Waals surface area contributed by atoms with Crippen LogP contribution in [-0.2, 0) is 4.79 Å². The zero-order valence-electron chi connectivity index (χ0n) is 6.59. The molecule has 0 aromatic carbocycles. The molecule has 0 amide bonds. The van der Waals surface area contributed by atoms with Crippen molar-refractivity contribution in [2.75, 3.05) is 0 Å². The normalized spacial score (nSPS) is 11.8. The average Bonchev–Trinajstić information content (AvgIpc) is 1.63. The minimum atomic E-state index is -1.06. The Balaban J connectivity index is 0. The van der Waals surface area contributed by atoms with E-state index < -0.39 is 5.97 Å². The number of aliphatic carboxylic acids is 1. The molecule has 54 valence electrons. The van der Waals surface area contributed by atoms with Crippen LogP contribution >= 0.6 is 0 Å². The third-order valence-electron chi connectivity index (χ3n) is 1.09. The van der Waals surface area contributed by atoms with E-state index in [1.807, 2.05) is 6.92 Å². The molecule has 0 aliphatic carbocycles. The van der Waals surface area contributed by atoms with Gasteiger partial charge in [0.15, 0.2) is 0 Å². The van der Waals surface area contributed by atoms with Gasteiger partial charge < -0.3 is 15.6 Å². The molecule has 0 saturated carbocycles. The molecule has 10 heavy (non-hydrogen) atoms. The van der Waals surface area contributed by atoms with Crippen molar-refractivity contribution >= 4 is 5.97 Å². The van der Waals surface area contributed by atoms with Gasteiger partial charge in [0.1, 0.15) is 0 Å². The minimum absolute atomic E-state index is 0. The number of carbonyl (C=O) groups is 1. The number of rotatable bonds is 4. The van der Waals surface area contributed by atoms with Gasteiger partial charge in [0, 0.05) is 18.4 Å². The van der Waals surface area contributed by atoms with Gasteiger partial charge in [0.05, 0.1) is 0 Å². The molecular weight excluding hydrogens is 141 g/mol. The van der Waals surface area contributed by atoms with Crippen LogP contribution in [0.5, 0.6) is 0 Å². The summed E-state index contributed by atoms with van der Waals surface area (Å²) in [4.78, 5) is 9.89. The summed E-state index contributed by atoms with van der Waals surface area (Å²) in [6.45, 7) is 1.97. The summed E-state index contributed by atoms with van der Waals surface area (Å²) in [7, 11) is 0. The Morgan fingerprint density at radius 2 is 2.20 bits per heavy atom. The summed E-state index contributed by atoms with van der Waals surface area (Å²) < 4.78 is 0. The number of hydrogen-bond acceptors (Lipinski definition) is 3. The fraction of sp³-hybridized carbons (Fsp3) is 0.833. The van der Waals surface area contributed by atoms with Crippen LogP contribution in [-0.4, -0.2) is 12.0 Å². The molecule has 0 aromatic rings. The van der Waals surface area contributed by atoms with Crippen LogP contribution in [0.15, 0.2) is 0 Å². The molecule has 0 spiro atoms. The summed E-state index contributed by atoms with van der Waals surface area (Å²) in [5, 5.41) is 9.89. The smallest absolute Gasteiger partial charge is 0.550 e. The number of hydrogen-bond donors (Lipinski definition) is 1. The number of nitrogens with two attached hydrogens (primary N) is 1. The quantitative estimate of drug-likeness (QED) is 0.422. The van der Waals surface area contributed by atoms with Crippen molar-refractivity contribution in [3.8, 4) is 0 Å². The van der Waals surface area contributed by atoms with Gasteiger partial charge in [-0.1, -0.05) is 13.3 Å². The van der Waals surface area contributed by atoms with Gasteiger partial charge in [-0.3, -0.25) is 0 Å². The second kappa shape index (κ2) is 7.54. The summed E-state index contributed by atoms with van der Waals surface area (Å²) in [6, 6.07) is -0.222. The average molecular weight is 153 g/mol. The van der Waals surface area contributed by atoms with E-state index >= 15 is 0 Å². The van der Waals surface area contributed by atoms with Gasteiger partial charge in [0.2, 0.25) is 0 Å². The van der Waals surface area contributed by atoms with E-state index in [4.69, 9.17) is 5.73 Å². The summed E-state index contributed by atoms with van der Waals surface area (Å²) in [6.07, 6.45) is 1.66. The van der Waals surface area contributed by atoms with Crippen molar-refractivity contribution in [2.24, 2.45) is 5.73 Å². The van der Waals surface area contributed by atoms with Gasteiger partial charge in [-0.05, 0) is 6.42 Å². The van der Waals surface area contributed by atoms with Crippen molar-refractivity contribution in [1.29, 1.82) is 0 Å². The first-order chi connectivity index (χ1) is 4.16. The van der Waals surface area contributed by atoms with Crippen LogP contribution in [0.1, 0.15) is 26.2 Å². The van der Waals surface area contributed by atoms with E-state index in [0.29, 0.717) is 0 Å². The molecule has 0 aliphatic rings. The molecule has 4 heteroatoms. The van der Waals surface area contributed by atoms with Crippen molar-refractivity contribution in [3.05, 3.63) is 0 Å². The maximum Gasteiger partial charge on any atom is 1.00 e. The first-order valence-corrected chi connectivity index (χ1v) is 3.12. The van der Waals surface area contributed by atoms with Crippen LogP contribution in [0.3, 0.4) is 0 Å². The minimum Gasteiger partial charge on any atom is -0.550 e. The predicted octanol–water partition coefficient (Wildman–Crippen LogP) is -3.74. The Morgan fingerprint density at radius 3 is 2.50 bits per heavy atom. The molecule has 3 nitrogen and oxygen atoms in total. The van der Waals surface area contributed by atoms with E-state index in [-0.39, 0.29) is 42.0 Å². The molecule has 2 N–H and O–H groups in total. The molecule has 0 rings (SSSR count).